The first-order valence-corrected chi connectivity index (χ1v) is 9.29. The van der Waals surface area contributed by atoms with Crippen molar-refractivity contribution in [1.82, 2.24) is 0 Å². The van der Waals surface area contributed by atoms with E-state index < -0.39 is 28.3 Å². The Morgan fingerprint density at radius 3 is 2.23 bits per heavy atom. The van der Waals surface area contributed by atoms with Crippen LogP contribution in [0.5, 0.6) is 0 Å². The molecule has 0 aliphatic heterocycles. The second-order valence-corrected chi connectivity index (χ2v) is 6.87. The lowest BCUT2D eigenvalue weighted by atomic mass is 10.1. The molecule has 0 aliphatic rings. The molecule has 0 unspecified atom stereocenters. The molecule has 0 atom stereocenters. The van der Waals surface area contributed by atoms with Crippen molar-refractivity contribution in [3.63, 3.8) is 0 Å². The Morgan fingerprint density at radius 2 is 1.61 bits per heavy atom. The van der Waals surface area contributed by atoms with Gasteiger partial charge in [0.25, 0.3) is 17.3 Å². The standard InChI is InChI=1S/C19H12BrN3O8/c20-14-9-13(23(28)29)5-6-15(14)21-18(24)10-30-19(25)17-8-7-16(31-17)11-1-3-12(4-2-11)22(26)27/h1-9H,10H2,(H,21,24). The lowest BCUT2D eigenvalue weighted by Gasteiger charge is -2.07. The number of nitro groups is 2. The molecule has 31 heavy (non-hydrogen) atoms. The number of hydrogen-bond acceptors (Lipinski definition) is 8. The maximum absolute atomic E-state index is 12.1. The molecule has 1 N–H and O–H groups in total. The van der Waals surface area contributed by atoms with Crippen LogP contribution in [-0.2, 0) is 9.53 Å². The number of esters is 1. The SMILES string of the molecule is O=C(COC(=O)c1ccc(-c2ccc([N+](=O)[O-])cc2)o1)Nc1ccc([N+](=O)[O-])cc1Br. The average molecular weight is 490 g/mol. The zero-order chi connectivity index (χ0) is 22.5. The first-order valence-electron chi connectivity index (χ1n) is 8.50. The molecule has 1 amide bonds. The maximum atomic E-state index is 12.1. The van der Waals surface area contributed by atoms with Gasteiger partial charge in [0.05, 0.1) is 15.5 Å². The van der Waals surface area contributed by atoms with Gasteiger partial charge in [-0.3, -0.25) is 25.0 Å². The summed E-state index contributed by atoms with van der Waals surface area (Å²) in [6, 6.07) is 12.2. The third-order valence-corrected chi connectivity index (χ3v) is 4.60. The van der Waals surface area contributed by atoms with Crippen LogP contribution < -0.4 is 5.32 Å². The number of benzene rings is 2. The zero-order valence-electron chi connectivity index (χ0n) is 15.4. The van der Waals surface area contributed by atoms with Crippen LogP contribution in [0.4, 0.5) is 17.1 Å². The highest BCUT2D eigenvalue weighted by atomic mass is 79.9. The van der Waals surface area contributed by atoms with Crippen LogP contribution in [0.15, 0.2) is 63.5 Å². The number of halogens is 1. The van der Waals surface area contributed by atoms with Crippen LogP contribution in [-0.4, -0.2) is 28.3 Å². The second-order valence-electron chi connectivity index (χ2n) is 6.01. The smallest absolute Gasteiger partial charge is 0.374 e. The van der Waals surface area contributed by atoms with E-state index in [1.807, 2.05) is 0 Å². The minimum atomic E-state index is -0.883. The number of nitrogens with zero attached hydrogens (tertiary/aromatic N) is 2. The van der Waals surface area contributed by atoms with E-state index in [0.29, 0.717) is 15.8 Å². The van der Waals surface area contributed by atoms with E-state index in [4.69, 9.17) is 9.15 Å². The molecule has 2 aromatic carbocycles. The third-order valence-electron chi connectivity index (χ3n) is 3.94. The Morgan fingerprint density at radius 1 is 0.968 bits per heavy atom. The highest BCUT2D eigenvalue weighted by Gasteiger charge is 2.17. The molecule has 0 bridgehead atoms. The summed E-state index contributed by atoms with van der Waals surface area (Å²) in [4.78, 5) is 44.4. The molecule has 3 rings (SSSR count). The molecular formula is C19H12BrN3O8. The number of anilines is 1. The summed E-state index contributed by atoms with van der Waals surface area (Å²) in [5.41, 5.74) is 0.550. The Labute approximate surface area is 182 Å². The monoisotopic (exact) mass is 489 g/mol. The van der Waals surface area contributed by atoms with Crippen molar-refractivity contribution in [2.24, 2.45) is 0 Å². The van der Waals surface area contributed by atoms with Gasteiger partial charge in [-0.1, -0.05) is 0 Å². The molecule has 0 radical (unpaired) electrons. The summed E-state index contributed by atoms with van der Waals surface area (Å²) in [7, 11) is 0. The minimum Gasteiger partial charge on any atom is -0.450 e. The van der Waals surface area contributed by atoms with Crippen molar-refractivity contribution in [2.75, 3.05) is 11.9 Å². The number of carbonyl (C=O) groups excluding carboxylic acids is 2. The predicted octanol–water partition coefficient (Wildman–Crippen LogP) is 4.32. The van der Waals surface area contributed by atoms with Gasteiger partial charge in [0.15, 0.2) is 6.61 Å². The minimum absolute atomic E-state index is 0.0828. The van der Waals surface area contributed by atoms with E-state index in [2.05, 4.69) is 21.2 Å². The van der Waals surface area contributed by atoms with Crippen LogP contribution >= 0.6 is 15.9 Å². The van der Waals surface area contributed by atoms with E-state index >= 15 is 0 Å². The summed E-state index contributed by atoms with van der Waals surface area (Å²) in [6.07, 6.45) is 0. The summed E-state index contributed by atoms with van der Waals surface area (Å²) >= 11 is 3.12. The number of nitro benzene ring substituents is 2. The second kappa shape index (κ2) is 9.17. The van der Waals surface area contributed by atoms with Crippen LogP contribution in [0.1, 0.15) is 10.6 Å². The summed E-state index contributed by atoms with van der Waals surface area (Å²) < 4.78 is 10.6. The normalized spacial score (nSPS) is 10.4. The highest BCUT2D eigenvalue weighted by Crippen LogP contribution is 2.27. The Balaban J connectivity index is 1.58. The largest absolute Gasteiger partial charge is 0.450 e. The van der Waals surface area contributed by atoms with Crippen molar-refractivity contribution >= 4 is 44.9 Å². The predicted molar refractivity (Wildman–Crippen MR) is 111 cm³/mol. The summed E-state index contributed by atoms with van der Waals surface area (Å²) in [5, 5.41) is 23.9. The van der Waals surface area contributed by atoms with Gasteiger partial charge in [-0.25, -0.2) is 4.79 Å². The lowest BCUT2D eigenvalue weighted by Crippen LogP contribution is -2.21. The molecule has 3 aromatic rings. The molecule has 1 aromatic heterocycles. The molecule has 0 aliphatic carbocycles. The number of nitrogens with one attached hydrogen (secondary N) is 1. The van der Waals surface area contributed by atoms with Gasteiger partial charge in [-0.05, 0) is 46.3 Å². The number of ether oxygens (including phenoxy) is 1. The van der Waals surface area contributed by atoms with Gasteiger partial charge in [0, 0.05) is 34.3 Å². The molecule has 12 heteroatoms. The molecule has 0 saturated carbocycles. The van der Waals surface area contributed by atoms with Crippen LogP contribution in [0.25, 0.3) is 11.3 Å². The van der Waals surface area contributed by atoms with Gasteiger partial charge >= 0.3 is 5.97 Å². The summed E-state index contributed by atoms with van der Waals surface area (Å²) in [5.74, 6) is -1.41. The van der Waals surface area contributed by atoms with Gasteiger partial charge < -0.3 is 14.5 Å². The Hall–Kier alpha value is -4.06. The van der Waals surface area contributed by atoms with E-state index in [0.717, 1.165) is 0 Å². The topological polar surface area (TPSA) is 155 Å². The third kappa shape index (κ3) is 5.30. The number of rotatable bonds is 7. The van der Waals surface area contributed by atoms with Crippen LogP contribution in [0.3, 0.4) is 0 Å². The first-order chi connectivity index (χ1) is 14.7. The van der Waals surface area contributed by atoms with Gasteiger partial charge in [0.1, 0.15) is 5.76 Å². The number of hydrogen-bond donors (Lipinski definition) is 1. The van der Waals surface area contributed by atoms with Crippen LogP contribution in [0, 0.1) is 20.2 Å². The van der Waals surface area contributed by atoms with E-state index in [1.165, 1.54) is 54.6 Å². The average Bonchev–Trinajstić information content (AvgIpc) is 3.24. The van der Waals surface area contributed by atoms with Gasteiger partial charge in [-0.15, -0.1) is 0 Å². The Kier molecular flexibility index (Phi) is 6.40. The molecular weight excluding hydrogens is 478 g/mol. The van der Waals surface area contributed by atoms with E-state index in [1.54, 1.807) is 0 Å². The number of non-ortho nitro benzene ring substituents is 2. The maximum Gasteiger partial charge on any atom is 0.374 e. The Bertz CT molecular complexity index is 1170. The van der Waals surface area contributed by atoms with Crippen molar-refractivity contribution < 1.29 is 28.6 Å². The number of amides is 1. The van der Waals surface area contributed by atoms with Gasteiger partial charge in [0.2, 0.25) is 5.76 Å². The number of carbonyl (C=O) groups is 2. The fraction of sp³-hybridized carbons (Fsp3) is 0.0526. The van der Waals surface area contributed by atoms with Crippen LogP contribution in [0.2, 0.25) is 0 Å². The number of furan rings is 1. The molecule has 0 fully saturated rings. The molecule has 1 heterocycles. The quantitative estimate of drug-likeness (QED) is 0.292. The van der Waals surface area contributed by atoms with Crippen molar-refractivity contribution in [3.05, 3.63) is 85.1 Å². The molecule has 0 spiro atoms. The molecule has 158 valence electrons. The summed E-state index contributed by atoms with van der Waals surface area (Å²) in [6.45, 7) is -0.615. The first kappa shape index (κ1) is 21.6. The molecule has 0 saturated heterocycles. The van der Waals surface area contributed by atoms with Gasteiger partial charge in [-0.2, -0.15) is 0 Å². The van der Waals surface area contributed by atoms with E-state index in [9.17, 15) is 29.8 Å². The van der Waals surface area contributed by atoms with Crippen molar-refractivity contribution in [3.8, 4) is 11.3 Å². The van der Waals surface area contributed by atoms with Crippen molar-refractivity contribution in [2.45, 2.75) is 0 Å². The zero-order valence-corrected chi connectivity index (χ0v) is 17.0. The van der Waals surface area contributed by atoms with E-state index in [-0.39, 0.29) is 22.8 Å². The lowest BCUT2D eigenvalue weighted by molar-refractivity contribution is -0.385. The molecule has 11 nitrogen and oxygen atoms in total. The highest BCUT2D eigenvalue weighted by molar-refractivity contribution is 9.10. The fourth-order valence-corrected chi connectivity index (χ4v) is 2.92. The van der Waals surface area contributed by atoms with Crippen molar-refractivity contribution in [1.29, 1.82) is 0 Å². The fourth-order valence-electron chi connectivity index (χ4n) is 2.46.